The van der Waals surface area contributed by atoms with Gasteiger partial charge in [-0.2, -0.15) is 15.8 Å². The Morgan fingerprint density at radius 2 is 1.62 bits per heavy atom. The Hall–Kier alpha value is -3.35. The van der Waals surface area contributed by atoms with Crippen LogP contribution in [-0.4, -0.2) is 54.6 Å². The first-order valence-corrected chi connectivity index (χ1v) is 11.5. The molecular formula is C26H35N5O3. The van der Waals surface area contributed by atoms with E-state index in [1.165, 1.54) is 0 Å². The number of rotatable bonds is 4. The first-order valence-electron chi connectivity index (χ1n) is 11.5. The standard InChI is InChI=1S/C22H23N5O.2C2H6O/c1-3-27-10-9-17-18(11-23)21(26)22(13-24,14-25)20(19(17)12-27)15-5-7-16(8-6-15)28-4-2;2*1-2-3/h5-9,19-20H,3-4,10,12,26H2,1-2H3;2*3H,2H2,1H3/t19-,20+;;/m0../s1. The summed E-state index contributed by atoms with van der Waals surface area (Å²) in [6.45, 7) is 10.7. The number of ether oxygens (including phenoxy) is 1. The van der Waals surface area contributed by atoms with E-state index in [0.29, 0.717) is 13.2 Å². The molecule has 0 aromatic heterocycles. The average molecular weight is 466 g/mol. The number of aliphatic hydroxyl groups excluding tert-OH is 2. The molecule has 8 heteroatoms. The number of hydrogen-bond donors (Lipinski definition) is 3. The summed E-state index contributed by atoms with van der Waals surface area (Å²) >= 11 is 0. The Labute approximate surface area is 202 Å². The van der Waals surface area contributed by atoms with Crippen molar-refractivity contribution in [2.24, 2.45) is 17.1 Å². The zero-order valence-electron chi connectivity index (χ0n) is 20.5. The molecule has 1 aliphatic heterocycles. The summed E-state index contributed by atoms with van der Waals surface area (Å²) in [7, 11) is 0. The molecule has 182 valence electrons. The van der Waals surface area contributed by atoms with Crippen LogP contribution in [0.25, 0.3) is 0 Å². The lowest BCUT2D eigenvalue weighted by molar-refractivity contribution is 0.214. The summed E-state index contributed by atoms with van der Waals surface area (Å²) in [6.07, 6.45) is 2.02. The van der Waals surface area contributed by atoms with Gasteiger partial charge in [0.15, 0.2) is 5.41 Å². The predicted molar refractivity (Wildman–Crippen MR) is 130 cm³/mol. The maximum atomic E-state index is 10.1. The van der Waals surface area contributed by atoms with Crippen molar-refractivity contribution in [1.29, 1.82) is 15.8 Å². The van der Waals surface area contributed by atoms with E-state index < -0.39 is 11.3 Å². The Morgan fingerprint density at radius 1 is 1.06 bits per heavy atom. The maximum absolute atomic E-state index is 10.1. The minimum absolute atomic E-state index is 0.0614. The van der Waals surface area contributed by atoms with Gasteiger partial charge in [0.25, 0.3) is 0 Å². The first-order chi connectivity index (χ1) is 16.4. The summed E-state index contributed by atoms with van der Waals surface area (Å²) in [5, 5.41) is 45.0. The number of nitrogens with zero attached hydrogens (tertiary/aromatic N) is 4. The highest BCUT2D eigenvalue weighted by atomic mass is 16.5. The fourth-order valence-electron chi connectivity index (χ4n) is 4.31. The van der Waals surface area contributed by atoms with Crippen molar-refractivity contribution in [1.82, 2.24) is 4.90 Å². The highest BCUT2D eigenvalue weighted by Gasteiger charge is 2.54. The number of hydrogen-bond acceptors (Lipinski definition) is 8. The maximum Gasteiger partial charge on any atom is 0.191 e. The first kappa shape index (κ1) is 28.7. The van der Waals surface area contributed by atoms with E-state index in [4.69, 9.17) is 20.7 Å². The number of benzene rings is 1. The number of aliphatic hydroxyl groups is 2. The minimum Gasteiger partial charge on any atom is -0.494 e. The van der Waals surface area contributed by atoms with Crippen LogP contribution in [0.5, 0.6) is 5.75 Å². The summed E-state index contributed by atoms with van der Waals surface area (Å²) in [6, 6.07) is 14.0. The average Bonchev–Trinajstić information content (AvgIpc) is 2.85. The van der Waals surface area contributed by atoms with Crippen molar-refractivity contribution < 1.29 is 14.9 Å². The van der Waals surface area contributed by atoms with Gasteiger partial charge in [-0.15, -0.1) is 0 Å². The van der Waals surface area contributed by atoms with E-state index in [1.807, 2.05) is 37.3 Å². The second kappa shape index (κ2) is 14.0. The van der Waals surface area contributed by atoms with Gasteiger partial charge in [-0.1, -0.05) is 25.1 Å². The number of allylic oxidation sites excluding steroid dienone is 2. The van der Waals surface area contributed by atoms with Gasteiger partial charge < -0.3 is 20.7 Å². The van der Waals surface area contributed by atoms with Crippen molar-refractivity contribution in [3.05, 3.63) is 52.7 Å². The number of fused-ring (bicyclic) bond motifs is 1. The topological polar surface area (TPSA) is 150 Å². The Balaban J connectivity index is 0.000000872. The van der Waals surface area contributed by atoms with Crippen LogP contribution in [0.15, 0.2) is 47.2 Å². The van der Waals surface area contributed by atoms with Gasteiger partial charge in [-0.3, -0.25) is 4.90 Å². The molecule has 34 heavy (non-hydrogen) atoms. The third kappa shape index (κ3) is 5.95. The lowest BCUT2D eigenvalue weighted by atomic mass is 9.58. The van der Waals surface area contributed by atoms with Crippen molar-refractivity contribution in [2.75, 3.05) is 39.5 Å². The van der Waals surface area contributed by atoms with Crippen molar-refractivity contribution in [2.45, 2.75) is 33.6 Å². The van der Waals surface area contributed by atoms with Gasteiger partial charge in [0.1, 0.15) is 11.8 Å². The van der Waals surface area contributed by atoms with Crippen LogP contribution in [0.3, 0.4) is 0 Å². The molecule has 2 atom stereocenters. The van der Waals surface area contributed by atoms with Gasteiger partial charge in [-0.05, 0) is 50.6 Å². The second-order valence-corrected chi connectivity index (χ2v) is 7.66. The SMILES string of the molecule is CCO.CCO.CCOc1ccc([C@@H]2[C@H]3CN(CC)CC=C3C(C#N)=C(N)C2(C#N)C#N)cc1. The fraction of sp³-hybridized carbons (Fsp3) is 0.500. The molecule has 0 fully saturated rings. The Kier molecular flexibility index (Phi) is 11.8. The van der Waals surface area contributed by atoms with Gasteiger partial charge in [0.2, 0.25) is 0 Å². The predicted octanol–water partition coefficient (Wildman–Crippen LogP) is 2.83. The smallest absolute Gasteiger partial charge is 0.191 e. The lowest BCUT2D eigenvalue weighted by Crippen LogP contribution is -2.48. The zero-order chi connectivity index (χ0) is 25.7. The monoisotopic (exact) mass is 465 g/mol. The van der Waals surface area contributed by atoms with Crippen molar-refractivity contribution in [3.63, 3.8) is 0 Å². The molecule has 3 rings (SSSR count). The summed E-state index contributed by atoms with van der Waals surface area (Å²) in [4.78, 5) is 2.24. The molecule has 0 saturated carbocycles. The van der Waals surface area contributed by atoms with E-state index in [1.54, 1.807) is 13.8 Å². The third-order valence-corrected chi connectivity index (χ3v) is 5.74. The zero-order valence-corrected chi connectivity index (χ0v) is 20.5. The number of likely N-dealkylation sites (N-methyl/N-ethyl adjacent to an activating group) is 1. The van der Waals surface area contributed by atoms with E-state index in [0.717, 1.165) is 30.0 Å². The van der Waals surface area contributed by atoms with E-state index in [9.17, 15) is 15.8 Å². The van der Waals surface area contributed by atoms with E-state index in [-0.39, 0.29) is 30.4 Å². The third-order valence-electron chi connectivity index (χ3n) is 5.74. The van der Waals surface area contributed by atoms with Gasteiger partial charge in [0.05, 0.1) is 30.0 Å². The van der Waals surface area contributed by atoms with Crippen molar-refractivity contribution in [3.8, 4) is 24.0 Å². The van der Waals surface area contributed by atoms with Crippen LogP contribution < -0.4 is 10.5 Å². The summed E-state index contributed by atoms with van der Waals surface area (Å²) < 4.78 is 5.52. The highest BCUT2D eigenvalue weighted by molar-refractivity contribution is 5.59. The quantitative estimate of drug-likeness (QED) is 0.614. The molecule has 1 aliphatic carbocycles. The Morgan fingerprint density at radius 3 is 2.06 bits per heavy atom. The molecule has 4 N–H and O–H groups in total. The Bertz CT molecular complexity index is 964. The van der Waals surface area contributed by atoms with Crippen LogP contribution in [0.1, 0.15) is 39.2 Å². The molecule has 1 aromatic rings. The van der Waals surface area contributed by atoms with Gasteiger partial charge in [0, 0.05) is 38.1 Å². The molecular weight excluding hydrogens is 430 g/mol. The van der Waals surface area contributed by atoms with Crippen LogP contribution in [0, 0.1) is 45.3 Å². The molecule has 0 saturated heterocycles. The van der Waals surface area contributed by atoms with Crippen LogP contribution in [0.2, 0.25) is 0 Å². The molecule has 0 amide bonds. The van der Waals surface area contributed by atoms with Gasteiger partial charge >= 0.3 is 0 Å². The molecule has 2 aliphatic rings. The van der Waals surface area contributed by atoms with Crippen molar-refractivity contribution >= 4 is 0 Å². The van der Waals surface area contributed by atoms with E-state index >= 15 is 0 Å². The molecule has 0 radical (unpaired) electrons. The second-order valence-electron chi connectivity index (χ2n) is 7.66. The number of nitriles is 3. The molecule has 1 heterocycles. The van der Waals surface area contributed by atoms with E-state index in [2.05, 4.69) is 30.0 Å². The van der Waals surface area contributed by atoms with Crippen LogP contribution in [-0.2, 0) is 0 Å². The summed E-state index contributed by atoms with van der Waals surface area (Å²) in [5.41, 5.74) is 6.76. The minimum atomic E-state index is -1.59. The normalized spacial score (nSPS) is 20.5. The van der Waals surface area contributed by atoms with Gasteiger partial charge in [-0.25, -0.2) is 0 Å². The highest BCUT2D eigenvalue weighted by Crippen LogP contribution is 2.54. The molecule has 0 bridgehead atoms. The largest absolute Gasteiger partial charge is 0.494 e. The molecule has 0 unspecified atom stereocenters. The lowest BCUT2D eigenvalue weighted by Gasteiger charge is -2.45. The van der Waals surface area contributed by atoms with Crippen LogP contribution in [0.4, 0.5) is 0 Å². The fourth-order valence-corrected chi connectivity index (χ4v) is 4.31. The van der Waals surface area contributed by atoms with Crippen LogP contribution >= 0.6 is 0 Å². The number of nitrogens with two attached hydrogens (primary N) is 1. The molecule has 1 aromatic carbocycles. The summed E-state index contributed by atoms with van der Waals surface area (Å²) in [5.74, 6) is 0.112. The molecule has 0 spiro atoms. The molecule has 8 nitrogen and oxygen atoms in total.